The van der Waals surface area contributed by atoms with Crippen molar-refractivity contribution >= 4 is 16.2 Å². The summed E-state index contributed by atoms with van der Waals surface area (Å²) < 4.78 is 30.1. The van der Waals surface area contributed by atoms with Crippen molar-refractivity contribution < 1.29 is 18.3 Å². The molecule has 2 aliphatic heterocycles. The molecule has 3 heterocycles. The summed E-state index contributed by atoms with van der Waals surface area (Å²) in [6, 6.07) is 0. The molecule has 128 valence electrons. The van der Waals surface area contributed by atoms with Crippen molar-refractivity contribution in [2.24, 2.45) is 5.92 Å². The highest BCUT2D eigenvalue weighted by atomic mass is 32.2. The largest absolute Gasteiger partial charge is 0.478 e. The molecule has 23 heavy (non-hydrogen) atoms. The van der Waals surface area contributed by atoms with Gasteiger partial charge >= 0.3 is 5.97 Å². The Hall–Kier alpha value is -1.45. The first-order chi connectivity index (χ1) is 10.9. The highest BCUT2D eigenvalue weighted by Crippen LogP contribution is 2.26. The Morgan fingerprint density at radius 3 is 2.57 bits per heavy atom. The molecule has 0 spiro atoms. The summed E-state index contributed by atoms with van der Waals surface area (Å²) in [6.07, 6.45) is 4.16. The Kier molecular flexibility index (Phi) is 4.43. The minimum Gasteiger partial charge on any atom is -0.478 e. The van der Waals surface area contributed by atoms with E-state index in [9.17, 15) is 18.3 Å². The zero-order valence-electron chi connectivity index (χ0n) is 13.2. The van der Waals surface area contributed by atoms with Crippen LogP contribution >= 0.6 is 0 Å². The number of fused-ring (bicyclic) bond motifs is 1. The van der Waals surface area contributed by atoms with E-state index >= 15 is 0 Å². The Labute approximate surface area is 135 Å². The first-order valence-corrected chi connectivity index (χ1v) is 9.36. The van der Waals surface area contributed by atoms with Crippen LogP contribution in [0.5, 0.6) is 0 Å². The van der Waals surface area contributed by atoms with E-state index in [0.29, 0.717) is 37.8 Å². The van der Waals surface area contributed by atoms with Gasteiger partial charge in [-0.2, -0.15) is 22.1 Å². The molecule has 0 atom stereocenters. The molecule has 0 amide bonds. The zero-order valence-corrected chi connectivity index (χ0v) is 14.0. The predicted molar refractivity (Wildman–Crippen MR) is 83.1 cm³/mol. The number of carboxylic acids is 1. The molecule has 1 aromatic heterocycles. The van der Waals surface area contributed by atoms with Gasteiger partial charge in [-0.3, -0.25) is 4.68 Å². The fourth-order valence-electron chi connectivity index (χ4n) is 3.31. The van der Waals surface area contributed by atoms with Crippen LogP contribution in [0.1, 0.15) is 42.2 Å². The number of aromatic carboxylic acids is 1. The summed E-state index contributed by atoms with van der Waals surface area (Å²) in [6.45, 7) is 3.99. The lowest BCUT2D eigenvalue weighted by molar-refractivity contribution is 0.0694. The van der Waals surface area contributed by atoms with Crippen molar-refractivity contribution in [2.45, 2.75) is 39.3 Å². The molecule has 2 aliphatic rings. The third-order valence-corrected chi connectivity index (χ3v) is 6.85. The van der Waals surface area contributed by atoms with Crippen molar-refractivity contribution in [1.29, 1.82) is 0 Å². The van der Waals surface area contributed by atoms with Gasteiger partial charge in [-0.15, -0.1) is 0 Å². The van der Waals surface area contributed by atoms with Crippen LogP contribution in [0.15, 0.2) is 6.20 Å². The molecule has 1 N–H and O–H groups in total. The molecule has 0 aromatic carbocycles. The number of hydrogen-bond acceptors (Lipinski definition) is 4. The SMILES string of the molecule is CCC1CCN(S(=O)(=O)N2CCn3ncc(C(=O)O)c3C2)CC1. The Balaban J connectivity index is 1.77. The van der Waals surface area contributed by atoms with E-state index < -0.39 is 16.2 Å². The van der Waals surface area contributed by atoms with Gasteiger partial charge < -0.3 is 5.11 Å². The van der Waals surface area contributed by atoms with E-state index in [4.69, 9.17) is 0 Å². The normalized spacial score (nSPS) is 21.3. The van der Waals surface area contributed by atoms with E-state index in [2.05, 4.69) is 12.0 Å². The number of rotatable bonds is 4. The van der Waals surface area contributed by atoms with Crippen molar-refractivity contribution in [3.05, 3.63) is 17.5 Å². The molecule has 0 unspecified atom stereocenters. The topological polar surface area (TPSA) is 95.7 Å². The highest BCUT2D eigenvalue weighted by molar-refractivity contribution is 7.86. The Morgan fingerprint density at radius 1 is 1.26 bits per heavy atom. The molecule has 0 radical (unpaired) electrons. The maximum absolute atomic E-state index is 12.8. The number of carboxylic acid groups (broad SMARTS) is 1. The lowest BCUT2D eigenvalue weighted by Crippen LogP contribution is -2.49. The molecular weight excluding hydrogens is 320 g/mol. The monoisotopic (exact) mass is 342 g/mol. The predicted octanol–water partition coefficient (Wildman–Crippen LogP) is 0.764. The zero-order chi connectivity index (χ0) is 16.6. The molecule has 0 bridgehead atoms. The van der Waals surface area contributed by atoms with E-state index in [1.165, 1.54) is 14.8 Å². The van der Waals surface area contributed by atoms with Crippen LogP contribution in [-0.4, -0.2) is 57.5 Å². The molecule has 9 heteroatoms. The average Bonchev–Trinajstić information content (AvgIpc) is 2.98. The fraction of sp³-hybridized carbons (Fsp3) is 0.714. The van der Waals surface area contributed by atoms with E-state index in [1.54, 1.807) is 4.68 Å². The van der Waals surface area contributed by atoms with Gasteiger partial charge in [0.25, 0.3) is 10.2 Å². The highest BCUT2D eigenvalue weighted by Gasteiger charge is 2.36. The van der Waals surface area contributed by atoms with Crippen LogP contribution in [-0.2, 0) is 23.3 Å². The third-order valence-electron chi connectivity index (χ3n) is 4.87. The van der Waals surface area contributed by atoms with Gasteiger partial charge in [-0.1, -0.05) is 13.3 Å². The first-order valence-electron chi connectivity index (χ1n) is 7.96. The molecule has 1 saturated heterocycles. The summed E-state index contributed by atoms with van der Waals surface area (Å²) in [7, 11) is -3.55. The van der Waals surface area contributed by atoms with Crippen LogP contribution < -0.4 is 0 Å². The van der Waals surface area contributed by atoms with Crippen LogP contribution in [0.2, 0.25) is 0 Å². The quantitative estimate of drug-likeness (QED) is 0.872. The summed E-state index contributed by atoms with van der Waals surface area (Å²) in [5.41, 5.74) is 0.533. The number of hydrogen-bond donors (Lipinski definition) is 1. The maximum atomic E-state index is 12.8. The number of aromatic nitrogens is 2. The van der Waals surface area contributed by atoms with Crippen LogP contribution in [0.4, 0.5) is 0 Å². The minimum absolute atomic E-state index is 0.0671. The Bertz CT molecular complexity index is 692. The molecule has 3 rings (SSSR count). The van der Waals surface area contributed by atoms with Gasteiger partial charge in [0.05, 0.1) is 25.0 Å². The summed E-state index contributed by atoms with van der Waals surface area (Å²) in [4.78, 5) is 11.2. The van der Waals surface area contributed by atoms with Crippen molar-refractivity contribution in [3.8, 4) is 0 Å². The average molecular weight is 342 g/mol. The van der Waals surface area contributed by atoms with E-state index in [1.807, 2.05) is 0 Å². The standard InChI is InChI=1S/C14H22N4O4S/c1-2-11-3-5-16(6-4-11)23(21,22)17-7-8-18-13(10-17)12(9-15-18)14(19)20/h9,11H,2-8,10H2,1H3,(H,19,20). The smallest absolute Gasteiger partial charge is 0.339 e. The van der Waals surface area contributed by atoms with Gasteiger partial charge in [0.2, 0.25) is 0 Å². The second kappa shape index (κ2) is 6.21. The van der Waals surface area contributed by atoms with Crippen LogP contribution in [0.25, 0.3) is 0 Å². The van der Waals surface area contributed by atoms with Gasteiger partial charge in [0.15, 0.2) is 0 Å². The van der Waals surface area contributed by atoms with E-state index in [0.717, 1.165) is 19.3 Å². The molecule has 8 nitrogen and oxygen atoms in total. The number of carbonyl (C=O) groups is 1. The first kappa shape index (κ1) is 16.4. The van der Waals surface area contributed by atoms with E-state index in [-0.39, 0.29) is 12.1 Å². The minimum atomic E-state index is -3.55. The lowest BCUT2D eigenvalue weighted by atomic mass is 9.96. The number of piperidine rings is 1. The van der Waals surface area contributed by atoms with Crippen LogP contribution in [0, 0.1) is 5.92 Å². The van der Waals surface area contributed by atoms with Crippen LogP contribution in [0.3, 0.4) is 0 Å². The van der Waals surface area contributed by atoms with Crippen molar-refractivity contribution in [1.82, 2.24) is 18.4 Å². The summed E-state index contributed by atoms with van der Waals surface area (Å²) in [5, 5.41) is 13.2. The lowest BCUT2D eigenvalue weighted by Gasteiger charge is -2.36. The second-order valence-electron chi connectivity index (χ2n) is 6.13. The van der Waals surface area contributed by atoms with Gasteiger partial charge in [-0.05, 0) is 18.8 Å². The van der Waals surface area contributed by atoms with Gasteiger partial charge in [-0.25, -0.2) is 4.79 Å². The molecular formula is C14H22N4O4S. The molecule has 0 aliphatic carbocycles. The fourth-order valence-corrected chi connectivity index (χ4v) is 4.91. The van der Waals surface area contributed by atoms with Gasteiger partial charge in [0.1, 0.15) is 5.56 Å². The third kappa shape index (κ3) is 3.00. The van der Waals surface area contributed by atoms with Crippen molar-refractivity contribution in [3.63, 3.8) is 0 Å². The van der Waals surface area contributed by atoms with Crippen molar-refractivity contribution in [2.75, 3.05) is 19.6 Å². The molecule has 1 aromatic rings. The second-order valence-corrected chi connectivity index (χ2v) is 8.05. The maximum Gasteiger partial charge on any atom is 0.339 e. The molecule has 0 saturated carbocycles. The van der Waals surface area contributed by atoms with Gasteiger partial charge in [0, 0.05) is 19.6 Å². The Morgan fingerprint density at radius 2 is 1.96 bits per heavy atom. The summed E-state index contributed by atoms with van der Waals surface area (Å²) in [5.74, 6) is -0.475. The number of nitrogens with zero attached hydrogens (tertiary/aromatic N) is 4. The molecule has 1 fully saturated rings. The summed E-state index contributed by atoms with van der Waals surface area (Å²) >= 11 is 0.